The van der Waals surface area contributed by atoms with E-state index in [2.05, 4.69) is 20.9 Å². The molecule has 1 aromatic rings. The number of alkyl halides is 3. The van der Waals surface area contributed by atoms with E-state index in [4.69, 9.17) is 5.41 Å². The molecule has 0 radical (unpaired) electrons. The number of aryl methyl sites for hydroxylation is 1. The number of halogens is 3. The van der Waals surface area contributed by atoms with Gasteiger partial charge >= 0.3 is 6.18 Å². The van der Waals surface area contributed by atoms with Crippen LogP contribution in [0.15, 0.2) is 17.6 Å². The van der Waals surface area contributed by atoms with Crippen molar-refractivity contribution in [1.82, 2.24) is 20.9 Å². The van der Waals surface area contributed by atoms with Crippen LogP contribution in [0.25, 0.3) is 5.57 Å². The topological polar surface area (TPSA) is 89.9 Å². The minimum Gasteiger partial charge on any atom is -0.344 e. The maximum atomic E-state index is 13.0. The summed E-state index contributed by atoms with van der Waals surface area (Å²) >= 11 is 0.845. The van der Waals surface area contributed by atoms with Gasteiger partial charge in [-0.3, -0.25) is 4.79 Å². The first-order valence-electron chi connectivity index (χ1n) is 8.09. The third-order valence-electron chi connectivity index (χ3n) is 4.29. The molecule has 1 amide bonds. The summed E-state index contributed by atoms with van der Waals surface area (Å²) in [5.74, 6) is -0.00693. The Morgan fingerprint density at radius 2 is 2.04 bits per heavy atom. The molecule has 1 aromatic heterocycles. The molecular weight excluding hydrogens is 367 g/mol. The van der Waals surface area contributed by atoms with Crippen LogP contribution < -0.4 is 16.0 Å². The largest absolute Gasteiger partial charge is 0.434 e. The maximum Gasteiger partial charge on any atom is 0.434 e. The first-order valence-corrected chi connectivity index (χ1v) is 8.91. The molecule has 6 nitrogen and oxygen atoms in total. The molecule has 1 saturated heterocycles. The van der Waals surface area contributed by atoms with E-state index >= 15 is 0 Å². The zero-order valence-corrected chi connectivity index (χ0v) is 14.8. The van der Waals surface area contributed by atoms with E-state index in [1.54, 1.807) is 0 Å². The molecule has 0 saturated carbocycles. The molecule has 0 spiro atoms. The van der Waals surface area contributed by atoms with Crippen LogP contribution in [-0.4, -0.2) is 30.2 Å². The zero-order valence-electron chi connectivity index (χ0n) is 14.0. The summed E-state index contributed by atoms with van der Waals surface area (Å²) in [6.07, 6.45) is -0.469. The highest BCUT2D eigenvalue weighted by Crippen LogP contribution is 2.36. The summed E-state index contributed by atoms with van der Waals surface area (Å²) in [6, 6.07) is 0. The molecule has 0 unspecified atom stereocenters. The zero-order chi connectivity index (χ0) is 18.9. The molecular formula is C16H18F3N5OS. The van der Waals surface area contributed by atoms with Gasteiger partial charge in [-0.2, -0.15) is 13.2 Å². The van der Waals surface area contributed by atoms with Gasteiger partial charge in [-0.25, -0.2) is 4.98 Å². The number of hydrogen-bond acceptors (Lipinski definition) is 6. The second-order valence-corrected chi connectivity index (χ2v) is 7.30. The summed E-state index contributed by atoms with van der Waals surface area (Å²) in [5, 5.41) is 16.6. The molecule has 0 atom stereocenters. The van der Waals surface area contributed by atoms with E-state index in [1.807, 2.05) is 0 Å². The number of nitrogens with one attached hydrogen (secondary N) is 4. The average Bonchev–Trinajstić information content (AvgIpc) is 2.98. The van der Waals surface area contributed by atoms with E-state index in [1.165, 1.54) is 13.0 Å². The summed E-state index contributed by atoms with van der Waals surface area (Å²) in [7, 11) is 0. The smallest absolute Gasteiger partial charge is 0.344 e. The van der Waals surface area contributed by atoms with Crippen LogP contribution in [0, 0.1) is 18.3 Å². The molecule has 3 heterocycles. The SMILES string of the molecule is Cc1sc(/C(C=N)=C2\NC(=O)C=C(C3CCNCC3)N2)nc1C(F)(F)F. The van der Waals surface area contributed by atoms with Gasteiger partial charge in [-0.1, -0.05) is 0 Å². The van der Waals surface area contributed by atoms with Crippen LogP contribution in [0.4, 0.5) is 13.2 Å². The number of amides is 1. The third-order valence-corrected chi connectivity index (χ3v) is 5.30. The second-order valence-electron chi connectivity index (χ2n) is 6.09. The number of allylic oxidation sites excluding steroid dienone is 2. The first-order chi connectivity index (χ1) is 12.3. The van der Waals surface area contributed by atoms with Crippen molar-refractivity contribution in [2.45, 2.75) is 25.9 Å². The molecule has 1 fully saturated rings. The van der Waals surface area contributed by atoms with Crippen LogP contribution >= 0.6 is 11.3 Å². The van der Waals surface area contributed by atoms with E-state index in [0.29, 0.717) is 5.70 Å². The van der Waals surface area contributed by atoms with Crippen molar-refractivity contribution in [3.05, 3.63) is 33.2 Å². The van der Waals surface area contributed by atoms with Crippen LogP contribution in [0.5, 0.6) is 0 Å². The number of aromatic nitrogens is 1. The Balaban J connectivity index is 1.95. The monoisotopic (exact) mass is 385 g/mol. The molecule has 26 heavy (non-hydrogen) atoms. The number of carbonyl (C=O) groups excluding carboxylic acids is 1. The fraction of sp³-hybridized carbons (Fsp3) is 0.438. The maximum absolute atomic E-state index is 13.0. The normalized spacial score (nSPS) is 20.9. The first kappa shape index (κ1) is 18.6. The molecule has 0 bridgehead atoms. The van der Waals surface area contributed by atoms with Gasteiger partial charge in [0.1, 0.15) is 10.8 Å². The van der Waals surface area contributed by atoms with E-state index < -0.39 is 11.9 Å². The van der Waals surface area contributed by atoms with Crippen LogP contribution in [0.1, 0.15) is 28.4 Å². The predicted molar refractivity (Wildman–Crippen MR) is 92.5 cm³/mol. The number of nitrogens with zero attached hydrogens (tertiary/aromatic N) is 1. The van der Waals surface area contributed by atoms with Crippen molar-refractivity contribution in [3.63, 3.8) is 0 Å². The lowest BCUT2D eigenvalue weighted by molar-refractivity contribution is -0.141. The molecule has 0 aliphatic carbocycles. The summed E-state index contributed by atoms with van der Waals surface area (Å²) in [4.78, 5) is 15.7. The lowest BCUT2D eigenvalue weighted by atomic mass is 9.93. The van der Waals surface area contributed by atoms with Gasteiger partial charge in [0.05, 0.1) is 5.57 Å². The van der Waals surface area contributed by atoms with E-state index in [0.717, 1.165) is 43.5 Å². The fourth-order valence-corrected chi connectivity index (χ4v) is 3.97. The van der Waals surface area contributed by atoms with Gasteiger partial charge in [0, 0.05) is 28.8 Å². The highest BCUT2D eigenvalue weighted by Gasteiger charge is 2.37. The number of thiazole rings is 1. The molecule has 3 rings (SSSR count). The number of carbonyl (C=O) groups is 1. The van der Waals surface area contributed by atoms with Gasteiger partial charge in [-0.05, 0) is 32.9 Å². The average molecular weight is 385 g/mol. The lowest BCUT2D eigenvalue weighted by Gasteiger charge is -2.29. The summed E-state index contributed by atoms with van der Waals surface area (Å²) in [6.45, 7) is 3.01. The molecule has 2 aliphatic heterocycles. The Labute approximate surface area is 152 Å². The highest BCUT2D eigenvalue weighted by atomic mass is 32.1. The minimum absolute atomic E-state index is 0.0173. The molecule has 0 aromatic carbocycles. The quantitative estimate of drug-likeness (QED) is 0.602. The van der Waals surface area contributed by atoms with Crippen molar-refractivity contribution in [3.8, 4) is 0 Å². The van der Waals surface area contributed by atoms with Gasteiger partial charge in [-0.15, -0.1) is 11.3 Å². The van der Waals surface area contributed by atoms with E-state index in [-0.39, 0.29) is 33.1 Å². The van der Waals surface area contributed by atoms with E-state index in [9.17, 15) is 18.0 Å². The van der Waals surface area contributed by atoms with Crippen LogP contribution in [0.3, 0.4) is 0 Å². The lowest BCUT2D eigenvalue weighted by Crippen LogP contribution is -2.41. The highest BCUT2D eigenvalue weighted by molar-refractivity contribution is 7.13. The Hall–Kier alpha value is -2.20. The van der Waals surface area contributed by atoms with Gasteiger partial charge < -0.3 is 21.4 Å². The standard InChI is InChI=1S/C16H18F3N5OS/c1-8-13(16(17,18)19)24-15(26-8)10(7-20)14-22-11(6-12(25)23-14)9-2-4-21-5-3-9/h6-7,9,20-22H,2-5H2,1H3,(H,23,25)/b14-10-,20-7?. The predicted octanol–water partition coefficient (Wildman–Crippen LogP) is 2.39. The number of rotatable bonds is 3. The number of piperidine rings is 1. The van der Waals surface area contributed by atoms with Gasteiger partial charge in [0.25, 0.3) is 5.91 Å². The summed E-state index contributed by atoms with van der Waals surface area (Å²) in [5.41, 5.74) is -0.121. The minimum atomic E-state index is -4.56. The van der Waals surface area contributed by atoms with Gasteiger partial charge in [0.2, 0.25) is 0 Å². The fourth-order valence-electron chi connectivity index (χ4n) is 3.02. The van der Waals surface area contributed by atoms with Crippen molar-refractivity contribution in [2.75, 3.05) is 13.1 Å². The summed E-state index contributed by atoms with van der Waals surface area (Å²) < 4.78 is 39.0. The van der Waals surface area contributed by atoms with Crippen molar-refractivity contribution < 1.29 is 18.0 Å². The molecule has 140 valence electrons. The van der Waals surface area contributed by atoms with Crippen molar-refractivity contribution in [2.24, 2.45) is 5.92 Å². The Morgan fingerprint density at radius 3 is 2.62 bits per heavy atom. The van der Waals surface area contributed by atoms with Crippen molar-refractivity contribution >= 4 is 29.0 Å². The molecule has 10 heteroatoms. The van der Waals surface area contributed by atoms with Crippen LogP contribution in [0.2, 0.25) is 0 Å². The third kappa shape index (κ3) is 3.80. The van der Waals surface area contributed by atoms with Gasteiger partial charge in [0.15, 0.2) is 5.69 Å². The Morgan fingerprint density at radius 1 is 1.35 bits per heavy atom. The molecule has 2 aliphatic rings. The second kappa shape index (κ2) is 7.20. The molecule has 4 N–H and O–H groups in total. The Kier molecular flexibility index (Phi) is 5.15. The number of hydrogen-bond donors (Lipinski definition) is 4. The Bertz CT molecular complexity index is 790. The van der Waals surface area contributed by atoms with Crippen LogP contribution in [-0.2, 0) is 11.0 Å². The van der Waals surface area contributed by atoms with Crippen molar-refractivity contribution in [1.29, 1.82) is 5.41 Å².